The molecule has 0 saturated carbocycles. The van der Waals surface area contributed by atoms with Crippen LogP contribution in [-0.4, -0.2) is 42.0 Å². The van der Waals surface area contributed by atoms with Crippen LogP contribution in [0.2, 0.25) is 0 Å². The predicted octanol–water partition coefficient (Wildman–Crippen LogP) is 1.87. The van der Waals surface area contributed by atoms with Crippen LogP contribution in [-0.2, 0) is 0 Å². The van der Waals surface area contributed by atoms with E-state index in [2.05, 4.69) is 9.97 Å². The quantitative estimate of drug-likeness (QED) is 0.826. The highest BCUT2D eigenvalue weighted by Gasteiger charge is 2.05. The van der Waals surface area contributed by atoms with Crippen molar-refractivity contribution in [1.29, 1.82) is 0 Å². The highest BCUT2D eigenvalue weighted by Crippen LogP contribution is 2.02. The van der Waals surface area contributed by atoms with Gasteiger partial charge < -0.3 is 9.64 Å². The first-order valence-corrected chi connectivity index (χ1v) is 5.71. The number of hydrogen-bond acceptors (Lipinski definition) is 4. The van der Waals surface area contributed by atoms with Gasteiger partial charge in [0, 0.05) is 32.7 Å². The second-order valence-corrected chi connectivity index (χ2v) is 3.83. The third kappa shape index (κ3) is 5.16. The van der Waals surface area contributed by atoms with Crippen molar-refractivity contribution in [2.75, 3.05) is 21.2 Å². The Bertz CT molecular complexity index is 487. The van der Waals surface area contributed by atoms with E-state index in [1.165, 1.54) is 4.90 Å². The van der Waals surface area contributed by atoms with E-state index in [9.17, 15) is 4.79 Å². The minimum Gasteiger partial charge on any atom is -0.495 e. The molecule has 0 saturated heterocycles. The van der Waals surface area contributed by atoms with Gasteiger partial charge in [-0.25, -0.2) is 0 Å². The van der Waals surface area contributed by atoms with Crippen LogP contribution >= 0.6 is 0 Å². The fourth-order valence-electron chi connectivity index (χ4n) is 1.22. The first-order chi connectivity index (χ1) is 9.15. The Morgan fingerprint density at radius 3 is 2.11 bits per heavy atom. The molecule has 0 aromatic carbocycles. The van der Waals surface area contributed by atoms with E-state index in [0.29, 0.717) is 5.56 Å². The molecule has 0 atom stereocenters. The number of hydrogen-bond donors (Lipinski definition) is 0. The van der Waals surface area contributed by atoms with Crippen molar-refractivity contribution < 1.29 is 9.53 Å². The maximum Gasteiger partial charge on any atom is 0.254 e. The normalized spacial score (nSPS) is 9.00. The minimum absolute atomic E-state index is 0.0156. The van der Waals surface area contributed by atoms with Crippen LogP contribution in [0.5, 0.6) is 5.75 Å². The van der Waals surface area contributed by atoms with Crippen molar-refractivity contribution in [2.45, 2.75) is 0 Å². The van der Waals surface area contributed by atoms with Crippen LogP contribution in [0.3, 0.4) is 0 Å². The topological polar surface area (TPSA) is 55.3 Å². The lowest BCUT2D eigenvalue weighted by Gasteiger charge is -2.08. The number of aromatic nitrogens is 2. The Kier molecular flexibility index (Phi) is 6.02. The molecule has 0 unspecified atom stereocenters. The van der Waals surface area contributed by atoms with Gasteiger partial charge in [-0.1, -0.05) is 0 Å². The summed E-state index contributed by atoms with van der Waals surface area (Å²) in [6.45, 7) is 0. The molecule has 0 spiro atoms. The molecule has 0 aliphatic carbocycles. The molecule has 2 aromatic rings. The molecule has 5 heteroatoms. The molecule has 2 heterocycles. The molecule has 19 heavy (non-hydrogen) atoms. The smallest absolute Gasteiger partial charge is 0.254 e. The summed E-state index contributed by atoms with van der Waals surface area (Å²) < 4.78 is 4.85. The van der Waals surface area contributed by atoms with Gasteiger partial charge in [-0.2, -0.15) is 0 Å². The third-order valence-corrected chi connectivity index (χ3v) is 2.18. The first kappa shape index (κ1) is 14.6. The number of ether oxygens (including phenoxy) is 1. The van der Waals surface area contributed by atoms with E-state index in [1.54, 1.807) is 58.1 Å². The zero-order valence-corrected chi connectivity index (χ0v) is 11.3. The van der Waals surface area contributed by atoms with E-state index in [0.717, 1.165) is 5.75 Å². The Balaban J connectivity index is 0.000000200. The van der Waals surface area contributed by atoms with Crippen LogP contribution in [0.4, 0.5) is 0 Å². The van der Waals surface area contributed by atoms with E-state index >= 15 is 0 Å². The fourth-order valence-corrected chi connectivity index (χ4v) is 1.22. The van der Waals surface area contributed by atoms with Crippen molar-refractivity contribution in [2.24, 2.45) is 0 Å². The molecule has 0 fully saturated rings. The number of rotatable bonds is 2. The average molecular weight is 259 g/mol. The zero-order chi connectivity index (χ0) is 14.1. The first-order valence-electron chi connectivity index (χ1n) is 5.71. The van der Waals surface area contributed by atoms with Gasteiger partial charge in [-0.3, -0.25) is 14.8 Å². The van der Waals surface area contributed by atoms with Crippen LogP contribution in [0.1, 0.15) is 10.4 Å². The Labute approximate surface area is 112 Å². The molecule has 100 valence electrons. The molecule has 0 N–H and O–H groups in total. The SMILES string of the molecule is CN(C)C(=O)c1cccnc1.COc1cccnc1. The molecule has 0 aliphatic heterocycles. The second kappa shape index (κ2) is 7.81. The number of carbonyl (C=O) groups excluding carboxylic acids is 1. The highest BCUT2D eigenvalue weighted by molar-refractivity contribution is 5.93. The molecule has 1 amide bonds. The number of nitrogens with zero attached hydrogens (tertiary/aromatic N) is 3. The van der Waals surface area contributed by atoms with E-state index in [-0.39, 0.29) is 5.91 Å². The van der Waals surface area contributed by atoms with E-state index in [4.69, 9.17) is 4.74 Å². The zero-order valence-electron chi connectivity index (χ0n) is 11.3. The van der Waals surface area contributed by atoms with Gasteiger partial charge in [-0.15, -0.1) is 0 Å². The van der Waals surface area contributed by atoms with Gasteiger partial charge in [0.15, 0.2) is 0 Å². The molecule has 2 aromatic heterocycles. The Morgan fingerprint density at radius 2 is 1.74 bits per heavy atom. The van der Waals surface area contributed by atoms with Gasteiger partial charge >= 0.3 is 0 Å². The lowest BCUT2D eigenvalue weighted by atomic mass is 10.2. The molecule has 2 rings (SSSR count). The van der Waals surface area contributed by atoms with Crippen molar-refractivity contribution in [3.8, 4) is 5.75 Å². The van der Waals surface area contributed by atoms with E-state index < -0.39 is 0 Å². The molecular formula is C14H17N3O2. The van der Waals surface area contributed by atoms with Gasteiger partial charge in [0.05, 0.1) is 18.9 Å². The van der Waals surface area contributed by atoms with Gasteiger partial charge in [-0.05, 0) is 24.3 Å². The summed E-state index contributed by atoms with van der Waals surface area (Å²) in [6, 6.07) is 7.18. The molecule has 0 bridgehead atoms. The Hall–Kier alpha value is -2.43. The maximum atomic E-state index is 11.2. The highest BCUT2D eigenvalue weighted by atomic mass is 16.5. The monoisotopic (exact) mass is 259 g/mol. The van der Waals surface area contributed by atoms with Crippen LogP contribution < -0.4 is 4.74 Å². The summed E-state index contributed by atoms with van der Waals surface area (Å²) in [4.78, 5) is 20.4. The number of carbonyl (C=O) groups is 1. The summed E-state index contributed by atoms with van der Waals surface area (Å²) in [7, 11) is 5.06. The number of pyridine rings is 2. The van der Waals surface area contributed by atoms with Gasteiger partial charge in [0.25, 0.3) is 5.91 Å². The van der Waals surface area contributed by atoms with E-state index in [1.807, 2.05) is 12.1 Å². The summed E-state index contributed by atoms with van der Waals surface area (Å²) in [5.41, 5.74) is 0.623. The standard InChI is InChI=1S/C8H10N2O.C6H7NO/c1-10(2)8(11)7-4-3-5-9-6-7;1-8-6-3-2-4-7-5-6/h3-6H,1-2H3;2-5H,1H3. The number of amides is 1. The van der Waals surface area contributed by atoms with Crippen molar-refractivity contribution >= 4 is 5.91 Å². The fraction of sp³-hybridized carbons (Fsp3) is 0.214. The van der Waals surface area contributed by atoms with Crippen molar-refractivity contribution in [3.05, 3.63) is 54.6 Å². The summed E-state index contributed by atoms with van der Waals surface area (Å²) in [5.74, 6) is 0.783. The van der Waals surface area contributed by atoms with Crippen LogP contribution in [0, 0.1) is 0 Å². The Morgan fingerprint density at radius 1 is 1.11 bits per heavy atom. The maximum absolute atomic E-state index is 11.2. The average Bonchev–Trinajstić information content (AvgIpc) is 2.48. The summed E-state index contributed by atoms with van der Waals surface area (Å²) >= 11 is 0. The van der Waals surface area contributed by atoms with Gasteiger partial charge in [0.1, 0.15) is 5.75 Å². The number of methoxy groups -OCH3 is 1. The van der Waals surface area contributed by atoms with Crippen molar-refractivity contribution in [1.82, 2.24) is 14.9 Å². The largest absolute Gasteiger partial charge is 0.495 e. The molecule has 5 nitrogen and oxygen atoms in total. The second-order valence-electron chi connectivity index (χ2n) is 3.83. The molecule has 0 radical (unpaired) electrons. The summed E-state index contributed by atoms with van der Waals surface area (Å²) in [5, 5.41) is 0. The molecule has 0 aliphatic rings. The lowest BCUT2D eigenvalue weighted by molar-refractivity contribution is 0.0827. The van der Waals surface area contributed by atoms with Crippen molar-refractivity contribution in [3.63, 3.8) is 0 Å². The van der Waals surface area contributed by atoms with Crippen LogP contribution in [0.15, 0.2) is 49.1 Å². The third-order valence-electron chi connectivity index (χ3n) is 2.18. The molecular weight excluding hydrogens is 242 g/mol. The lowest BCUT2D eigenvalue weighted by Crippen LogP contribution is -2.21. The van der Waals surface area contributed by atoms with Crippen LogP contribution in [0.25, 0.3) is 0 Å². The van der Waals surface area contributed by atoms with Gasteiger partial charge in [0.2, 0.25) is 0 Å². The predicted molar refractivity (Wildman–Crippen MR) is 73.0 cm³/mol. The minimum atomic E-state index is -0.0156. The summed E-state index contributed by atoms with van der Waals surface area (Å²) in [6.07, 6.45) is 6.58.